The quantitative estimate of drug-likeness (QED) is 0.392. The van der Waals surface area contributed by atoms with E-state index in [4.69, 9.17) is 19.5 Å². The lowest BCUT2D eigenvalue weighted by atomic mass is 10.1. The van der Waals surface area contributed by atoms with Crippen LogP contribution in [0.5, 0.6) is 11.5 Å². The Hall–Kier alpha value is -4.06. The fraction of sp³-hybridized carbons (Fsp3) is 0.241. The molecule has 0 spiro atoms. The average molecular weight is 469 g/mol. The molecule has 0 aliphatic rings. The summed E-state index contributed by atoms with van der Waals surface area (Å²) in [5.41, 5.74) is 8.87. The van der Waals surface area contributed by atoms with E-state index >= 15 is 0 Å². The lowest BCUT2D eigenvalue weighted by Crippen LogP contribution is -2.38. The number of hydrogen-bond donors (Lipinski definition) is 0. The Morgan fingerprint density at radius 2 is 1.34 bits per heavy atom. The summed E-state index contributed by atoms with van der Waals surface area (Å²) in [5.74, 6) is 1.36. The fourth-order valence-electron chi connectivity index (χ4n) is 4.36. The second-order valence-electron chi connectivity index (χ2n) is 8.68. The molecule has 1 heterocycles. The lowest BCUT2D eigenvalue weighted by molar-refractivity contribution is 0.355. The Bertz CT molecular complexity index is 1490. The standard InChI is InChI=1S/C29H32N4O2/c1-19-15-20(2)28(21(3)16-19)31-27-18-24(22-13-14-25(34-6)26(17-22)35-7)32(4)29(33(27)5)30-23-11-9-8-10-12-23/h8-18H,1-7H3. The van der Waals surface area contributed by atoms with Gasteiger partial charge in [0.15, 0.2) is 11.5 Å². The molecule has 0 amide bonds. The van der Waals surface area contributed by atoms with E-state index in [9.17, 15) is 0 Å². The van der Waals surface area contributed by atoms with Gasteiger partial charge in [0.2, 0.25) is 5.62 Å². The first-order valence-corrected chi connectivity index (χ1v) is 11.5. The van der Waals surface area contributed by atoms with Crippen molar-refractivity contribution in [2.45, 2.75) is 20.8 Å². The van der Waals surface area contributed by atoms with Gasteiger partial charge in [-0.1, -0.05) is 35.9 Å². The van der Waals surface area contributed by atoms with Crippen molar-refractivity contribution in [3.63, 3.8) is 0 Å². The zero-order valence-corrected chi connectivity index (χ0v) is 21.5. The zero-order valence-electron chi connectivity index (χ0n) is 21.5. The van der Waals surface area contributed by atoms with Crippen LogP contribution in [0.25, 0.3) is 11.3 Å². The third-order valence-corrected chi connectivity index (χ3v) is 6.10. The SMILES string of the molecule is COc1ccc(-c2cc(=Nc3c(C)cc(C)cc3C)n(C)c(=Nc3ccccc3)n2C)cc1OC. The number of ether oxygens (including phenoxy) is 2. The molecule has 0 fully saturated rings. The van der Waals surface area contributed by atoms with Crippen LogP contribution in [-0.2, 0) is 14.1 Å². The number of methoxy groups -OCH3 is 2. The van der Waals surface area contributed by atoms with Crippen molar-refractivity contribution in [3.8, 4) is 22.8 Å². The van der Waals surface area contributed by atoms with Gasteiger partial charge in [0.05, 0.1) is 31.3 Å². The molecule has 4 rings (SSSR count). The fourth-order valence-corrected chi connectivity index (χ4v) is 4.36. The van der Waals surface area contributed by atoms with E-state index in [0.717, 1.165) is 44.9 Å². The van der Waals surface area contributed by atoms with Crippen LogP contribution in [0.15, 0.2) is 76.7 Å². The molecular formula is C29H32N4O2. The highest BCUT2D eigenvalue weighted by molar-refractivity contribution is 5.64. The van der Waals surface area contributed by atoms with Crippen molar-refractivity contribution < 1.29 is 9.47 Å². The summed E-state index contributed by atoms with van der Waals surface area (Å²) in [6.45, 7) is 6.32. The number of aromatic nitrogens is 2. The molecule has 35 heavy (non-hydrogen) atoms. The van der Waals surface area contributed by atoms with Gasteiger partial charge >= 0.3 is 0 Å². The maximum atomic E-state index is 5.57. The van der Waals surface area contributed by atoms with Crippen LogP contribution in [0.3, 0.4) is 0 Å². The summed E-state index contributed by atoms with van der Waals surface area (Å²) < 4.78 is 15.1. The highest BCUT2D eigenvalue weighted by Gasteiger charge is 2.12. The molecule has 180 valence electrons. The van der Waals surface area contributed by atoms with Gasteiger partial charge in [-0.15, -0.1) is 0 Å². The van der Waals surface area contributed by atoms with Crippen molar-refractivity contribution in [1.82, 2.24) is 9.13 Å². The van der Waals surface area contributed by atoms with Crippen molar-refractivity contribution >= 4 is 11.4 Å². The molecule has 6 nitrogen and oxygen atoms in total. The summed E-state index contributed by atoms with van der Waals surface area (Å²) in [5, 5.41) is 0. The summed E-state index contributed by atoms with van der Waals surface area (Å²) in [6.07, 6.45) is 0. The number of rotatable bonds is 5. The van der Waals surface area contributed by atoms with Crippen LogP contribution in [-0.4, -0.2) is 23.4 Å². The molecule has 4 aromatic rings. The molecule has 0 unspecified atom stereocenters. The molecule has 0 bridgehead atoms. The predicted octanol–water partition coefficient (Wildman–Crippen LogP) is 5.44. The van der Waals surface area contributed by atoms with Gasteiger partial charge in [0.1, 0.15) is 5.49 Å². The van der Waals surface area contributed by atoms with E-state index in [1.165, 1.54) is 5.56 Å². The second kappa shape index (κ2) is 10.1. The van der Waals surface area contributed by atoms with Crippen LogP contribution in [0.2, 0.25) is 0 Å². The monoisotopic (exact) mass is 468 g/mol. The number of hydrogen-bond acceptors (Lipinski definition) is 4. The third kappa shape index (κ3) is 4.92. The van der Waals surface area contributed by atoms with E-state index < -0.39 is 0 Å². The zero-order chi connectivity index (χ0) is 25.1. The van der Waals surface area contributed by atoms with Gasteiger partial charge in [-0.05, 0) is 62.2 Å². The Labute approximate surface area is 206 Å². The topological polar surface area (TPSA) is 53.0 Å². The number of aryl methyl sites for hydroxylation is 3. The van der Waals surface area contributed by atoms with Gasteiger partial charge in [-0.3, -0.25) is 4.57 Å². The first-order chi connectivity index (χ1) is 16.8. The van der Waals surface area contributed by atoms with Crippen LogP contribution in [0, 0.1) is 20.8 Å². The number of nitrogens with zero attached hydrogens (tertiary/aromatic N) is 4. The highest BCUT2D eigenvalue weighted by atomic mass is 16.5. The minimum atomic E-state index is 0.670. The third-order valence-electron chi connectivity index (χ3n) is 6.10. The molecule has 1 aromatic heterocycles. The molecule has 6 heteroatoms. The van der Waals surface area contributed by atoms with E-state index in [1.54, 1.807) is 14.2 Å². The maximum Gasteiger partial charge on any atom is 0.211 e. The van der Waals surface area contributed by atoms with Gasteiger partial charge < -0.3 is 14.0 Å². The first kappa shape index (κ1) is 24.1. The van der Waals surface area contributed by atoms with Crippen molar-refractivity contribution in [3.05, 3.63) is 94.5 Å². The lowest BCUT2D eigenvalue weighted by Gasteiger charge is -2.16. The van der Waals surface area contributed by atoms with Crippen LogP contribution in [0.4, 0.5) is 11.4 Å². The molecule has 0 aliphatic heterocycles. The minimum absolute atomic E-state index is 0.670. The second-order valence-corrected chi connectivity index (χ2v) is 8.68. The Kier molecular flexibility index (Phi) is 6.92. The molecule has 0 saturated carbocycles. The molecule has 3 aromatic carbocycles. The normalized spacial score (nSPS) is 12.2. The van der Waals surface area contributed by atoms with Crippen molar-refractivity contribution in [2.75, 3.05) is 14.2 Å². The van der Waals surface area contributed by atoms with E-state index in [0.29, 0.717) is 11.5 Å². The van der Waals surface area contributed by atoms with Crippen LogP contribution < -0.4 is 20.6 Å². The van der Waals surface area contributed by atoms with Crippen molar-refractivity contribution in [2.24, 2.45) is 24.1 Å². The minimum Gasteiger partial charge on any atom is -0.493 e. The highest BCUT2D eigenvalue weighted by Crippen LogP contribution is 2.31. The molecule has 0 N–H and O–H groups in total. The summed E-state index contributed by atoms with van der Waals surface area (Å²) in [7, 11) is 7.30. The first-order valence-electron chi connectivity index (χ1n) is 11.5. The average Bonchev–Trinajstić information content (AvgIpc) is 2.85. The van der Waals surface area contributed by atoms with Crippen molar-refractivity contribution in [1.29, 1.82) is 0 Å². The molecule has 0 saturated heterocycles. The van der Waals surface area contributed by atoms with Gasteiger partial charge in [-0.2, -0.15) is 0 Å². The smallest absolute Gasteiger partial charge is 0.211 e. The summed E-state index contributed by atoms with van der Waals surface area (Å²) >= 11 is 0. The van der Waals surface area contributed by atoms with Crippen LogP contribution >= 0.6 is 0 Å². The van der Waals surface area contributed by atoms with Gasteiger partial charge in [0.25, 0.3) is 0 Å². The van der Waals surface area contributed by atoms with E-state index in [1.807, 2.05) is 67.2 Å². The predicted molar refractivity (Wildman–Crippen MR) is 140 cm³/mol. The largest absolute Gasteiger partial charge is 0.493 e. The number of para-hydroxylation sites is 1. The van der Waals surface area contributed by atoms with E-state index in [-0.39, 0.29) is 0 Å². The van der Waals surface area contributed by atoms with Gasteiger partial charge in [-0.25, -0.2) is 9.98 Å². The Balaban J connectivity index is 2.07. The summed E-state index contributed by atoms with van der Waals surface area (Å²) in [4.78, 5) is 10.1. The Morgan fingerprint density at radius 1 is 0.686 bits per heavy atom. The number of benzene rings is 3. The van der Waals surface area contributed by atoms with Crippen LogP contribution in [0.1, 0.15) is 16.7 Å². The summed E-state index contributed by atoms with van der Waals surface area (Å²) in [6, 6.07) is 22.3. The molecular weight excluding hydrogens is 436 g/mol. The maximum absolute atomic E-state index is 5.57. The van der Waals surface area contributed by atoms with Gasteiger partial charge in [0, 0.05) is 25.7 Å². The molecule has 0 radical (unpaired) electrons. The molecule has 0 atom stereocenters. The Morgan fingerprint density at radius 3 is 1.97 bits per heavy atom. The molecule has 0 aliphatic carbocycles. The van der Waals surface area contributed by atoms with E-state index in [2.05, 4.69) is 43.5 Å².